The van der Waals surface area contributed by atoms with Crippen molar-refractivity contribution in [1.29, 1.82) is 0 Å². The summed E-state index contributed by atoms with van der Waals surface area (Å²) in [6.45, 7) is 8.71. The number of aliphatic hydroxyl groups is 1. The number of carbonyl (C=O) groups excluding carboxylic acids is 3. The summed E-state index contributed by atoms with van der Waals surface area (Å²) in [5, 5.41) is 11.9. The molecule has 11 heteroatoms. The molecule has 0 radical (unpaired) electrons. The van der Waals surface area contributed by atoms with Gasteiger partial charge in [0.25, 0.3) is 5.91 Å². The molecule has 1 aromatic carbocycles. The van der Waals surface area contributed by atoms with Crippen molar-refractivity contribution in [2.45, 2.75) is 31.7 Å². The number of amides is 1. The number of ether oxygens (including phenoxy) is 1. The standard InChI is InChI=1S/C25H23N3O5S3/c1-6-11-33-24(32)22-13(3)27-25(36-22)28-18(15-7-9-16(34-5)10-8-15)17(20(30)23(28)31)19(29)21-12(2)26-14(4)35-21/h6-10,18,30H,1,11H2,2-5H3. The fourth-order valence-corrected chi connectivity index (χ4v) is 6.14. The van der Waals surface area contributed by atoms with Crippen LogP contribution in [0.3, 0.4) is 0 Å². The average Bonchev–Trinajstić information content (AvgIpc) is 3.49. The van der Waals surface area contributed by atoms with Gasteiger partial charge < -0.3 is 9.84 Å². The molecule has 1 unspecified atom stereocenters. The number of thiazole rings is 2. The Morgan fingerprint density at radius 2 is 1.81 bits per heavy atom. The van der Waals surface area contributed by atoms with Crippen LogP contribution in [-0.4, -0.2) is 45.6 Å². The Labute approximate surface area is 220 Å². The van der Waals surface area contributed by atoms with Gasteiger partial charge in [-0.05, 0) is 44.7 Å². The van der Waals surface area contributed by atoms with Gasteiger partial charge in [-0.2, -0.15) is 0 Å². The maximum Gasteiger partial charge on any atom is 0.350 e. The van der Waals surface area contributed by atoms with Crippen LogP contribution in [0, 0.1) is 20.8 Å². The molecular formula is C25H23N3O5S3. The lowest BCUT2D eigenvalue weighted by atomic mass is 9.95. The van der Waals surface area contributed by atoms with Gasteiger partial charge in [0, 0.05) is 4.90 Å². The molecule has 3 heterocycles. The van der Waals surface area contributed by atoms with Crippen LogP contribution in [-0.2, 0) is 9.53 Å². The first-order valence-corrected chi connectivity index (χ1v) is 13.7. The first kappa shape index (κ1) is 25.8. The van der Waals surface area contributed by atoms with Gasteiger partial charge in [0.2, 0.25) is 5.78 Å². The molecule has 1 N–H and O–H groups in total. The number of benzene rings is 1. The SMILES string of the molecule is C=CCOC(=O)c1sc(N2C(=O)C(O)=C(C(=O)c3sc(C)nc3C)C2c2ccc(SC)cc2)nc1C. The Balaban J connectivity index is 1.84. The molecular weight excluding hydrogens is 518 g/mol. The maximum absolute atomic E-state index is 13.7. The normalized spacial score (nSPS) is 15.5. The van der Waals surface area contributed by atoms with E-state index in [2.05, 4.69) is 16.5 Å². The van der Waals surface area contributed by atoms with Crippen molar-refractivity contribution in [1.82, 2.24) is 9.97 Å². The molecule has 0 spiro atoms. The van der Waals surface area contributed by atoms with Gasteiger partial charge in [-0.3, -0.25) is 14.5 Å². The molecule has 0 saturated heterocycles. The fourth-order valence-electron chi connectivity index (χ4n) is 3.88. The van der Waals surface area contributed by atoms with Gasteiger partial charge in [0.1, 0.15) is 11.5 Å². The highest BCUT2D eigenvalue weighted by Gasteiger charge is 2.46. The van der Waals surface area contributed by atoms with E-state index in [1.807, 2.05) is 30.5 Å². The highest BCUT2D eigenvalue weighted by Crippen LogP contribution is 2.44. The van der Waals surface area contributed by atoms with E-state index in [4.69, 9.17) is 4.74 Å². The molecule has 3 aromatic rings. The van der Waals surface area contributed by atoms with Crippen molar-refractivity contribution in [3.05, 3.63) is 80.0 Å². The molecule has 36 heavy (non-hydrogen) atoms. The molecule has 2 aromatic heterocycles. The second-order valence-electron chi connectivity index (χ2n) is 7.89. The molecule has 4 rings (SSSR count). The molecule has 0 aliphatic carbocycles. The summed E-state index contributed by atoms with van der Waals surface area (Å²) in [6, 6.07) is 6.45. The van der Waals surface area contributed by atoms with Crippen LogP contribution in [0.4, 0.5) is 5.13 Å². The Morgan fingerprint density at radius 1 is 1.14 bits per heavy atom. The molecule has 1 aliphatic heterocycles. The van der Waals surface area contributed by atoms with Crippen LogP contribution >= 0.6 is 34.4 Å². The summed E-state index contributed by atoms with van der Waals surface area (Å²) in [5.41, 5.74) is 1.48. The minimum atomic E-state index is -0.940. The third kappa shape index (κ3) is 4.61. The minimum Gasteiger partial charge on any atom is -0.503 e. The molecule has 0 saturated carbocycles. The summed E-state index contributed by atoms with van der Waals surface area (Å²) in [6.07, 6.45) is 3.40. The van der Waals surface area contributed by atoms with Crippen LogP contribution in [0.1, 0.15) is 47.3 Å². The van der Waals surface area contributed by atoms with Gasteiger partial charge in [-0.25, -0.2) is 14.8 Å². The number of aliphatic hydroxyl groups excluding tert-OH is 1. The predicted molar refractivity (Wildman–Crippen MR) is 141 cm³/mol. The molecule has 0 bridgehead atoms. The van der Waals surface area contributed by atoms with Crippen molar-refractivity contribution in [3.8, 4) is 0 Å². The summed E-state index contributed by atoms with van der Waals surface area (Å²) in [5.74, 6) is -2.47. The average molecular weight is 542 g/mol. The number of thioether (sulfide) groups is 1. The number of esters is 1. The number of anilines is 1. The zero-order valence-corrected chi connectivity index (χ0v) is 22.5. The van der Waals surface area contributed by atoms with Crippen LogP contribution in [0.15, 0.2) is 53.1 Å². The number of aryl methyl sites for hydroxylation is 3. The van der Waals surface area contributed by atoms with Crippen LogP contribution < -0.4 is 4.90 Å². The summed E-state index contributed by atoms with van der Waals surface area (Å²) >= 11 is 3.73. The topological polar surface area (TPSA) is 110 Å². The van der Waals surface area contributed by atoms with Gasteiger partial charge >= 0.3 is 5.97 Å². The minimum absolute atomic E-state index is 0.0349. The Bertz CT molecular complexity index is 1400. The molecule has 0 fully saturated rings. The van der Waals surface area contributed by atoms with Gasteiger partial charge in [-0.1, -0.05) is 36.1 Å². The van der Waals surface area contributed by atoms with Crippen LogP contribution in [0.2, 0.25) is 0 Å². The second kappa shape index (κ2) is 10.4. The molecule has 186 valence electrons. The Morgan fingerprint density at radius 3 is 2.39 bits per heavy atom. The number of hydrogen-bond acceptors (Lipinski definition) is 10. The van der Waals surface area contributed by atoms with E-state index in [0.29, 0.717) is 26.8 Å². The number of ketones is 1. The van der Waals surface area contributed by atoms with E-state index in [-0.39, 0.29) is 22.2 Å². The highest BCUT2D eigenvalue weighted by molar-refractivity contribution is 7.98. The lowest BCUT2D eigenvalue weighted by Crippen LogP contribution is -2.31. The third-order valence-corrected chi connectivity index (χ3v) is 8.46. The number of Topliss-reactive ketones (excluding diaryl/α,β-unsaturated/α-hetero) is 1. The molecule has 1 aliphatic rings. The van der Waals surface area contributed by atoms with Crippen molar-refractivity contribution in [2.24, 2.45) is 0 Å². The Kier molecular flexibility index (Phi) is 7.43. The first-order chi connectivity index (χ1) is 17.2. The number of nitrogens with zero attached hydrogens (tertiary/aromatic N) is 3. The molecule has 1 amide bonds. The number of hydrogen-bond donors (Lipinski definition) is 1. The maximum atomic E-state index is 13.7. The van der Waals surface area contributed by atoms with E-state index in [1.165, 1.54) is 22.3 Å². The smallest absolute Gasteiger partial charge is 0.350 e. The zero-order chi connectivity index (χ0) is 26.1. The largest absolute Gasteiger partial charge is 0.503 e. The molecule has 8 nitrogen and oxygen atoms in total. The van der Waals surface area contributed by atoms with E-state index in [9.17, 15) is 19.5 Å². The van der Waals surface area contributed by atoms with Crippen molar-refractivity contribution in [2.75, 3.05) is 17.8 Å². The highest BCUT2D eigenvalue weighted by atomic mass is 32.2. The zero-order valence-electron chi connectivity index (χ0n) is 20.0. The van der Waals surface area contributed by atoms with Crippen molar-refractivity contribution >= 4 is 57.2 Å². The van der Waals surface area contributed by atoms with Gasteiger partial charge in [-0.15, -0.1) is 23.1 Å². The number of aromatic nitrogens is 2. The van der Waals surface area contributed by atoms with Crippen LogP contribution in [0.5, 0.6) is 0 Å². The summed E-state index contributed by atoms with van der Waals surface area (Å²) in [4.78, 5) is 51.2. The van der Waals surface area contributed by atoms with Gasteiger partial charge in [0.05, 0.1) is 32.9 Å². The monoisotopic (exact) mass is 541 g/mol. The molecule has 1 atom stereocenters. The van der Waals surface area contributed by atoms with E-state index in [0.717, 1.165) is 16.2 Å². The summed E-state index contributed by atoms with van der Waals surface area (Å²) in [7, 11) is 0. The fraction of sp³-hybridized carbons (Fsp3) is 0.240. The predicted octanol–water partition coefficient (Wildman–Crippen LogP) is 5.37. The first-order valence-electron chi connectivity index (χ1n) is 10.8. The van der Waals surface area contributed by atoms with Crippen molar-refractivity contribution < 1.29 is 24.2 Å². The third-order valence-electron chi connectivity index (χ3n) is 5.50. The lowest BCUT2D eigenvalue weighted by molar-refractivity contribution is -0.117. The summed E-state index contributed by atoms with van der Waals surface area (Å²) < 4.78 is 5.14. The van der Waals surface area contributed by atoms with E-state index < -0.39 is 29.5 Å². The van der Waals surface area contributed by atoms with Crippen LogP contribution in [0.25, 0.3) is 0 Å². The number of carbonyl (C=O) groups is 3. The lowest BCUT2D eigenvalue weighted by Gasteiger charge is -2.24. The van der Waals surface area contributed by atoms with E-state index >= 15 is 0 Å². The van der Waals surface area contributed by atoms with Crippen molar-refractivity contribution in [3.63, 3.8) is 0 Å². The number of rotatable bonds is 8. The quantitative estimate of drug-likeness (QED) is 0.175. The van der Waals surface area contributed by atoms with Gasteiger partial charge in [0.15, 0.2) is 10.9 Å². The second-order valence-corrected chi connectivity index (χ2v) is 10.9. The Hall–Kier alpha value is -3.28. The van der Waals surface area contributed by atoms with E-state index in [1.54, 1.807) is 32.5 Å².